The van der Waals surface area contributed by atoms with Gasteiger partial charge in [0, 0.05) is 33.2 Å². The molecule has 2 aromatic heterocycles. The van der Waals surface area contributed by atoms with Crippen molar-refractivity contribution in [1.29, 1.82) is 0 Å². The van der Waals surface area contributed by atoms with Crippen molar-refractivity contribution in [3.8, 4) is 62.1 Å². The molecule has 0 saturated heterocycles. The standard InChI is InChI=1S/C53H34N4/c1-2-13-38(14-3-1)51-54-52(39-25-22-36(23-26-39)43-27-24-35-12-4-5-15-40(35)32-43)56-53(55-51)47-20-9-8-18-45(47)37-28-30-44(31-29-37)57-49-21-11-10-19-46(49)48-33-41-16-6-7-17-42(41)34-50(48)57/h1-34H. The Morgan fingerprint density at radius 1 is 0.281 bits per heavy atom. The Balaban J connectivity index is 0.998. The van der Waals surface area contributed by atoms with E-state index in [1.54, 1.807) is 0 Å². The Hall–Kier alpha value is -7.69. The monoisotopic (exact) mass is 726 g/mol. The van der Waals surface area contributed by atoms with Gasteiger partial charge in [-0.3, -0.25) is 0 Å². The van der Waals surface area contributed by atoms with Gasteiger partial charge in [-0.05, 0) is 80.2 Å². The Morgan fingerprint density at radius 2 is 0.807 bits per heavy atom. The highest BCUT2D eigenvalue weighted by Gasteiger charge is 2.17. The van der Waals surface area contributed by atoms with E-state index >= 15 is 0 Å². The van der Waals surface area contributed by atoms with Gasteiger partial charge in [0.25, 0.3) is 0 Å². The minimum absolute atomic E-state index is 0.631. The summed E-state index contributed by atoms with van der Waals surface area (Å²) in [4.78, 5) is 15.3. The molecule has 0 aliphatic rings. The summed E-state index contributed by atoms with van der Waals surface area (Å²) < 4.78 is 2.38. The highest BCUT2D eigenvalue weighted by Crippen LogP contribution is 2.37. The van der Waals surface area contributed by atoms with Gasteiger partial charge in [-0.25, -0.2) is 15.0 Å². The molecule has 2 heterocycles. The first kappa shape index (κ1) is 32.7. The largest absolute Gasteiger partial charge is 0.309 e. The molecule has 4 heteroatoms. The molecule has 0 radical (unpaired) electrons. The Kier molecular flexibility index (Phi) is 7.78. The molecule has 0 aliphatic heterocycles. The number of fused-ring (bicyclic) bond motifs is 5. The molecular formula is C53H34N4. The van der Waals surface area contributed by atoms with E-state index in [-0.39, 0.29) is 0 Å². The smallest absolute Gasteiger partial charge is 0.164 e. The maximum Gasteiger partial charge on any atom is 0.164 e. The SMILES string of the molecule is c1ccc(-c2nc(-c3ccc(-c4ccc5ccccc5c4)cc3)nc(-c3ccccc3-c3ccc(-n4c5ccccc5c5cc6ccccc6cc54)cc3)n2)cc1. The molecule has 0 bridgehead atoms. The van der Waals surface area contributed by atoms with Crippen LogP contribution in [-0.4, -0.2) is 19.5 Å². The molecule has 9 aromatic carbocycles. The molecule has 11 rings (SSSR count). The number of hydrogen-bond donors (Lipinski definition) is 0. The van der Waals surface area contributed by atoms with E-state index in [0.717, 1.165) is 39.1 Å². The lowest BCUT2D eigenvalue weighted by Gasteiger charge is -2.13. The van der Waals surface area contributed by atoms with Crippen LogP contribution in [0.15, 0.2) is 206 Å². The Labute approximate surface area is 330 Å². The van der Waals surface area contributed by atoms with Crippen LogP contribution in [0.1, 0.15) is 0 Å². The van der Waals surface area contributed by atoms with E-state index < -0.39 is 0 Å². The van der Waals surface area contributed by atoms with Crippen molar-refractivity contribution >= 4 is 43.4 Å². The van der Waals surface area contributed by atoms with Gasteiger partial charge in [-0.1, -0.05) is 170 Å². The summed E-state index contributed by atoms with van der Waals surface area (Å²) in [6.07, 6.45) is 0. The minimum atomic E-state index is 0.631. The third-order valence-corrected chi connectivity index (χ3v) is 11.0. The summed E-state index contributed by atoms with van der Waals surface area (Å²) in [6.45, 7) is 0. The van der Waals surface area contributed by atoms with Gasteiger partial charge in [0.15, 0.2) is 17.5 Å². The molecule has 0 amide bonds. The lowest BCUT2D eigenvalue weighted by atomic mass is 9.98. The van der Waals surface area contributed by atoms with Crippen LogP contribution >= 0.6 is 0 Å². The average Bonchev–Trinajstić information content (AvgIpc) is 3.61. The number of aromatic nitrogens is 4. The van der Waals surface area contributed by atoms with Crippen molar-refractivity contribution in [3.05, 3.63) is 206 Å². The average molecular weight is 727 g/mol. The molecule has 0 aliphatic carbocycles. The molecule has 57 heavy (non-hydrogen) atoms. The van der Waals surface area contributed by atoms with Gasteiger partial charge in [0.05, 0.1) is 11.0 Å². The van der Waals surface area contributed by atoms with Crippen LogP contribution in [0, 0.1) is 0 Å². The lowest BCUT2D eigenvalue weighted by Crippen LogP contribution is -2.01. The number of nitrogens with zero attached hydrogens (tertiary/aromatic N) is 4. The summed E-state index contributed by atoms with van der Waals surface area (Å²) in [6, 6.07) is 72.9. The zero-order chi connectivity index (χ0) is 37.7. The fourth-order valence-electron chi connectivity index (χ4n) is 8.18. The number of hydrogen-bond acceptors (Lipinski definition) is 3. The number of para-hydroxylation sites is 1. The van der Waals surface area contributed by atoms with Crippen molar-refractivity contribution in [2.75, 3.05) is 0 Å². The summed E-state index contributed by atoms with van der Waals surface area (Å²) in [7, 11) is 0. The molecule has 4 nitrogen and oxygen atoms in total. The second-order valence-electron chi connectivity index (χ2n) is 14.5. The summed E-state index contributed by atoms with van der Waals surface area (Å²) >= 11 is 0. The maximum atomic E-state index is 5.15. The molecule has 0 atom stereocenters. The van der Waals surface area contributed by atoms with Crippen LogP contribution in [0.25, 0.3) is 105 Å². The minimum Gasteiger partial charge on any atom is -0.309 e. The van der Waals surface area contributed by atoms with Crippen LogP contribution in [-0.2, 0) is 0 Å². The molecule has 0 fully saturated rings. The van der Waals surface area contributed by atoms with Gasteiger partial charge in [-0.2, -0.15) is 0 Å². The van der Waals surface area contributed by atoms with Gasteiger partial charge in [0.1, 0.15) is 0 Å². The van der Waals surface area contributed by atoms with Crippen molar-refractivity contribution in [3.63, 3.8) is 0 Å². The molecule has 266 valence electrons. The van der Waals surface area contributed by atoms with Gasteiger partial charge in [-0.15, -0.1) is 0 Å². The summed E-state index contributed by atoms with van der Waals surface area (Å²) in [5.74, 6) is 1.90. The molecule has 11 aromatic rings. The van der Waals surface area contributed by atoms with Crippen molar-refractivity contribution in [2.24, 2.45) is 0 Å². The van der Waals surface area contributed by atoms with E-state index in [4.69, 9.17) is 15.0 Å². The fourth-order valence-corrected chi connectivity index (χ4v) is 8.18. The van der Waals surface area contributed by atoms with Crippen molar-refractivity contribution in [2.45, 2.75) is 0 Å². The topological polar surface area (TPSA) is 43.6 Å². The second-order valence-corrected chi connectivity index (χ2v) is 14.5. The lowest BCUT2D eigenvalue weighted by molar-refractivity contribution is 1.07. The predicted octanol–water partition coefficient (Wildman–Crippen LogP) is 13.6. The maximum absolute atomic E-state index is 5.15. The van der Waals surface area contributed by atoms with Crippen molar-refractivity contribution < 1.29 is 0 Å². The summed E-state index contributed by atoms with van der Waals surface area (Å²) in [5.41, 5.74) is 10.8. The summed E-state index contributed by atoms with van der Waals surface area (Å²) in [5, 5.41) is 7.43. The quantitative estimate of drug-likeness (QED) is 0.171. The first-order valence-electron chi connectivity index (χ1n) is 19.3. The highest BCUT2D eigenvalue weighted by atomic mass is 15.0. The first-order valence-corrected chi connectivity index (χ1v) is 19.3. The molecule has 0 N–H and O–H groups in total. The number of benzene rings is 9. The fraction of sp³-hybridized carbons (Fsp3) is 0. The predicted molar refractivity (Wildman–Crippen MR) is 236 cm³/mol. The van der Waals surface area contributed by atoms with E-state index in [2.05, 4.69) is 180 Å². The van der Waals surface area contributed by atoms with Crippen LogP contribution in [0.4, 0.5) is 0 Å². The van der Waals surface area contributed by atoms with Gasteiger partial charge >= 0.3 is 0 Å². The Morgan fingerprint density at radius 3 is 1.56 bits per heavy atom. The first-order chi connectivity index (χ1) is 28.2. The second kappa shape index (κ2) is 13.6. The van der Waals surface area contributed by atoms with Crippen LogP contribution in [0.3, 0.4) is 0 Å². The van der Waals surface area contributed by atoms with Gasteiger partial charge in [0.2, 0.25) is 0 Å². The number of rotatable bonds is 6. The molecule has 0 spiro atoms. The Bertz CT molecular complexity index is 3270. The highest BCUT2D eigenvalue weighted by molar-refractivity contribution is 6.13. The third kappa shape index (κ3) is 5.83. The van der Waals surface area contributed by atoms with E-state index in [0.29, 0.717) is 17.5 Å². The third-order valence-electron chi connectivity index (χ3n) is 11.0. The van der Waals surface area contributed by atoms with Crippen molar-refractivity contribution in [1.82, 2.24) is 19.5 Å². The zero-order valence-electron chi connectivity index (χ0n) is 30.9. The van der Waals surface area contributed by atoms with Crippen LogP contribution < -0.4 is 0 Å². The molecule has 0 saturated carbocycles. The normalized spacial score (nSPS) is 11.5. The van der Waals surface area contributed by atoms with Gasteiger partial charge < -0.3 is 4.57 Å². The van der Waals surface area contributed by atoms with E-state index in [9.17, 15) is 0 Å². The van der Waals surface area contributed by atoms with Crippen LogP contribution in [0.5, 0.6) is 0 Å². The molecular weight excluding hydrogens is 693 g/mol. The molecule has 0 unspecified atom stereocenters. The van der Waals surface area contributed by atoms with E-state index in [1.165, 1.54) is 48.9 Å². The van der Waals surface area contributed by atoms with E-state index in [1.807, 2.05) is 30.3 Å². The van der Waals surface area contributed by atoms with Crippen LogP contribution in [0.2, 0.25) is 0 Å². The zero-order valence-corrected chi connectivity index (χ0v) is 30.9.